The van der Waals surface area contributed by atoms with Gasteiger partial charge in [-0.25, -0.2) is 4.21 Å². The summed E-state index contributed by atoms with van der Waals surface area (Å²) in [6.45, 7) is 5.99. The lowest BCUT2D eigenvalue weighted by Crippen LogP contribution is -2.06. The number of benzene rings is 1. The molecule has 1 rings (SSSR count). The molecule has 16 heavy (non-hydrogen) atoms. The first kappa shape index (κ1) is 13.4. The van der Waals surface area contributed by atoms with Gasteiger partial charge < -0.3 is 0 Å². The SMILES string of the molecule is C=CCCCOS(=O)(=S)c1ccc(C)cc1. The summed E-state index contributed by atoms with van der Waals surface area (Å²) in [4.78, 5) is 0.576. The van der Waals surface area contributed by atoms with E-state index in [1.165, 1.54) is 0 Å². The van der Waals surface area contributed by atoms with Gasteiger partial charge in [0.2, 0.25) is 0 Å². The van der Waals surface area contributed by atoms with Crippen LogP contribution in [0.25, 0.3) is 0 Å². The summed E-state index contributed by atoms with van der Waals surface area (Å²) in [5.41, 5.74) is 1.11. The third kappa shape index (κ3) is 4.04. The predicted octanol–water partition coefficient (Wildman–Crippen LogP) is 3.00. The van der Waals surface area contributed by atoms with Crippen molar-refractivity contribution in [2.24, 2.45) is 0 Å². The van der Waals surface area contributed by atoms with Crippen molar-refractivity contribution in [3.05, 3.63) is 42.5 Å². The molecule has 88 valence electrons. The minimum atomic E-state index is -2.76. The second kappa shape index (κ2) is 6.13. The van der Waals surface area contributed by atoms with Crippen molar-refractivity contribution in [3.8, 4) is 0 Å². The Labute approximate surface area is 102 Å². The zero-order valence-corrected chi connectivity index (χ0v) is 11.0. The molecule has 1 atom stereocenters. The second-order valence-electron chi connectivity index (χ2n) is 3.52. The van der Waals surface area contributed by atoms with Gasteiger partial charge in [0, 0.05) is 11.2 Å². The number of aryl methyl sites for hydroxylation is 1. The average molecular weight is 256 g/mol. The number of rotatable bonds is 6. The van der Waals surface area contributed by atoms with E-state index in [0.717, 1.165) is 18.4 Å². The largest absolute Gasteiger partial charge is 0.286 e. The molecule has 0 spiro atoms. The molecule has 0 aliphatic carbocycles. The fourth-order valence-electron chi connectivity index (χ4n) is 1.17. The minimum Gasteiger partial charge on any atom is -0.286 e. The number of allylic oxidation sites excluding steroid dienone is 1. The fraction of sp³-hybridized carbons (Fsp3) is 0.333. The van der Waals surface area contributed by atoms with Crippen LogP contribution in [0.1, 0.15) is 18.4 Å². The van der Waals surface area contributed by atoms with Crippen LogP contribution in [0.3, 0.4) is 0 Å². The predicted molar refractivity (Wildman–Crippen MR) is 70.3 cm³/mol. The van der Waals surface area contributed by atoms with E-state index in [4.69, 9.17) is 15.4 Å². The first-order valence-corrected chi connectivity index (χ1v) is 7.54. The number of unbranched alkanes of at least 4 members (excludes halogenated alkanes) is 1. The van der Waals surface area contributed by atoms with Gasteiger partial charge in [-0.2, -0.15) is 0 Å². The number of hydrogen-bond donors (Lipinski definition) is 0. The normalized spacial score (nSPS) is 14.3. The highest BCUT2D eigenvalue weighted by atomic mass is 32.8. The summed E-state index contributed by atoms with van der Waals surface area (Å²) < 4.78 is 17.3. The van der Waals surface area contributed by atoms with Gasteiger partial charge in [0.15, 0.2) is 8.77 Å². The Balaban J connectivity index is 2.63. The molecule has 4 heteroatoms. The van der Waals surface area contributed by atoms with E-state index >= 15 is 0 Å². The molecule has 0 aliphatic rings. The highest BCUT2D eigenvalue weighted by Crippen LogP contribution is 2.14. The highest BCUT2D eigenvalue weighted by Gasteiger charge is 2.09. The topological polar surface area (TPSA) is 26.3 Å². The molecule has 1 aromatic carbocycles. The summed E-state index contributed by atoms with van der Waals surface area (Å²) in [6, 6.07) is 7.29. The third-order valence-electron chi connectivity index (χ3n) is 2.10. The van der Waals surface area contributed by atoms with Crippen LogP contribution in [0.2, 0.25) is 0 Å². The van der Waals surface area contributed by atoms with Crippen molar-refractivity contribution in [2.45, 2.75) is 24.7 Å². The van der Waals surface area contributed by atoms with Crippen LogP contribution < -0.4 is 0 Å². The summed E-state index contributed by atoms with van der Waals surface area (Å²) in [7, 11) is -2.76. The molecule has 0 N–H and O–H groups in total. The van der Waals surface area contributed by atoms with Gasteiger partial charge in [0.05, 0.1) is 11.5 Å². The van der Waals surface area contributed by atoms with E-state index in [-0.39, 0.29) is 0 Å². The lowest BCUT2D eigenvalue weighted by molar-refractivity contribution is 0.340. The van der Waals surface area contributed by atoms with E-state index in [2.05, 4.69) is 6.58 Å². The van der Waals surface area contributed by atoms with Crippen molar-refractivity contribution in [2.75, 3.05) is 6.61 Å². The van der Waals surface area contributed by atoms with Gasteiger partial charge in [-0.15, -0.1) is 6.58 Å². The van der Waals surface area contributed by atoms with Crippen LogP contribution in [0.5, 0.6) is 0 Å². The lowest BCUT2D eigenvalue weighted by atomic mass is 10.2. The smallest absolute Gasteiger partial charge is 0.173 e. The zero-order valence-electron chi connectivity index (χ0n) is 9.35. The van der Waals surface area contributed by atoms with Crippen molar-refractivity contribution in [1.82, 2.24) is 0 Å². The molecular formula is C12H16O2S2. The molecule has 0 aromatic heterocycles. The van der Waals surface area contributed by atoms with Gasteiger partial charge >= 0.3 is 0 Å². The Bertz CT molecular complexity index is 433. The molecule has 0 saturated heterocycles. The van der Waals surface area contributed by atoms with E-state index < -0.39 is 8.77 Å². The van der Waals surface area contributed by atoms with Crippen LogP contribution in [-0.4, -0.2) is 10.8 Å². The van der Waals surface area contributed by atoms with Gasteiger partial charge in [-0.1, -0.05) is 23.8 Å². The third-order valence-corrected chi connectivity index (χ3v) is 4.29. The van der Waals surface area contributed by atoms with E-state index in [1.807, 2.05) is 19.1 Å². The van der Waals surface area contributed by atoms with Crippen molar-refractivity contribution in [1.29, 1.82) is 0 Å². The molecule has 0 aliphatic heterocycles. The lowest BCUT2D eigenvalue weighted by Gasteiger charge is -2.08. The zero-order chi connectivity index (χ0) is 12.0. The maximum atomic E-state index is 12.0. The molecule has 1 unspecified atom stereocenters. The van der Waals surface area contributed by atoms with Crippen molar-refractivity contribution in [3.63, 3.8) is 0 Å². The molecule has 2 nitrogen and oxygen atoms in total. The Kier molecular flexibility index (Phi) is 5.12. The summed E-state index contributed by atoms with van der Waals surface area (Å²) >= 11 is 4.98. The quantitative estimate of drug-likeness (QED) is 0.578. The average Bonchev–Trinajstić information content (AvgIpc) is 2.25. The van der Waals surface area contributed by atoms with Crippen LogP contribution >= 0.6 is 0 Å². The maximum Gasteiger partial charge on any atom is 0.173 e. The summed E-state index contributed by atoms with van der Waals surface area (Å²) in [5, 5.41) is 0. The summed E-state index contributed by atoms with van der Waals surface area (Å²) in [6.07, 6.45) is 3.45. The van der Waals surface area contributed by atoms with Crippen LogP contribution in [-0.2, 0) is 24.1 Å². The molecule has 0 amide bonds. The molecule has 0 bridgehead atoms. The van der Waals surface area contributed by atoms with E-state index in [0.29, 0.717) is 11.5 Å². The van der Waals surface area contributed by atoms with Gasteiger partial charge in [-0.05, 0) is 31.9 Å². The van der Waals surface area contributed by atoms with E-state index in [1.54, 1.807) is 18.2 Å². The Morgan fingerprint density at radius 1 is 1.44 bits per heavy atom. The first-order chi connectivity index (χ1) is 7.56. The Morgan fingerprint density at radius 2 is 2.06 bits per heavy atom. The highest BCUT2D eigenvalue weighted by molar-refractivity contribution is 8.30. The Hall–Kier alpha value is -0.710. The minimum absolute atomic E-state index is 0.405. The molecule has 1 aromatic rings. The fourth-order valence-corrected chi connectivity index (χ4v) is 2.65. The van der Waals surface area contributed by atoms with Crippen molar-refractivity contribution < 1.29 is 8.39 Å². The van der Waals surface area contributed by atoms with Crippen LogP contribution in [0.4, 0.5) is 0 Å². The molecular weight excluding hydrogens is 240 g/mol. The monoisotopic (exact) mass is 256 g/mol. The first-order valence-electron chi connectivity index (χ1n) is 5.13. The van der Waals surface area contributed by atoms with Crippen molar-refractivity contribution >= 4 is 20.0 Å². The van der Waals surface area contributed by atoms with Gasteiger partial charge in [0.1, 0.15) is 0 Å². The molecule has 0 saturated carbocycles. The molecule has 0 heterocycles. The van der Waals surface area contributed by atoms with Crippen LogP contribution in [0, 0.1) is 6.92 Å². The second-order valence-corrected chi connectivity index (χ2v) is 6.45. The summed E-state index contributed by atoms with van der Waals surface area (Å²) in [5.74, 6) is 0. The number of hydrogen-bond acceptors (Lipinski definition) is 3. The maximum absolute atomic E-state index is 12.0. The van der Waals surface area contributed by atoms with Crippen LogP contribution in [0.15, 0.2) is 41.8 Å². The molecule has 0 radical (unpaired) electrons. The Morgan fingerprint density at radius 3 is 2.62 bits per heavy atom. The standard InChI is InChI=1S/C12H16O2S2/c1-3-4-5-10-14-16(13,15)12-8-6-11(2)7-9-12/h3,6-9H,1,4-5,10H2,2H3. The van der Waals surface area contributed by atoms with Gasteiger partial charge in [-0.3, -0.25) is 4.18 Å². The molecule has 0 fully saturated rings. The van der Waals surface area contributed by atoms with Gasteiger partial charge in [0.25, 0.3) is 0 Å². The van der Waals surface area contributed by atoms with E-state index in [9.17, 15) is 4.21 Å².